The van der Waals surface area contributed by atoms with Crippen molar-refractivity contribution >= 4 is 5.97 Å². The van der Waals surface area contributed by atoms with Gasteiger partial charge in [0.15, 0.2) is 5.69 Å². The van der Waals surface area contributed by atoms with Gasteiger partial charge in [-0.1, -0.05) is 24.3 Å². The lowest BCUT2D eigenvalue weighted by molar-refractivity contribution is 0.0691. The first-order valence-electron chi connectivity index (χ1n) is 6.13. The van der Waals surface area contributed by atoms with Gasteiger partial charge in [-0.3, -0.25) is 0 Å². The molecule has 5 nitrogen and oxygen atoms in total. The Balaban J connectivity index is 2.40. The van der Waals surface area contributed by atoms with Crippen molar-refractivity contribution in [2.45, 2.75) is 0 Å². The van der Waals surface area contributed by atoms with Crippen molar-refractivity contribution < 1.29 is 19.4 Å². The molecule has 0 spiro atoms. The maximum atomic E-state index is 11.2. The number of ether oxygens (including phenoxy) is 2. The van der Waals surface area contributed by atoms with Gasteiger partial charge in [-0.15, -0.1) is 0 Å². The van der Waals surface area contributed by atoms with Crippen LogP contribution in [0.15, 0.2) is 42.6 Å². The van der Waals surface area contributed by atoms with E-state index in [4.69, 9.17) is 9.47 Å². The molecular weight excluding hydrogens is 258 g/mol. The predicted octanol–water partition coefficient (Wildman–Crippen LogP) is 2.47. The molecule has 1 aromatic heterocycles. The number of pyridine rings is 1. The van der Waals surface area contributed by atoms with Crippen LogP contribution in [0.1, 0.15) is 10.5 Å². The second kappa shape index (κ2) is 6.68. The molecular formula is C15H15NO4. The molecule has 0 bridgehead atoms. The normalized spacial score (nSPS) is 10.2. The Morgan fingerprint density at radius 3 is 2.65 bits per heavy atom. The Hall–Kier alpha value is -2.40. The first-order chi connectivity index (χ1) is 9.74. The van der Waals surface area contributed by atoms with Crippen LogP contribution in [0.3, 0.4) is 0 Å². The largest absolute Gasteiger partial charge is 0.491 e. The SMILES string of the molecule is COCCOc1ccccc1-c1cccnc1C(=O)O. The molecule has 0 aliphatic heterocycles. The number of carboxylic acids is 1. The molecule has 0 amide bonds. The summed E-state index contributed by atoms with van der Waals surface area (Å²) in [5.74, 6) is -0.452. The average molecular weight is 273 g/mol. The summed E-state index contributed by atoms with van der Waals surface area (Å²) in [6.07, 6.45) is 1.46. The maximum Gasteiger partial charge on any atom is 0.355 e. The summed E-state index contributed by atoms with van der Waals surface area (Å²) < 4.78 is 10.6. The maximum absolute atomic E-state index is 11.2. The van der Waals surface area contributed by atoms with E-state index in [1.165, 1.54) is 6.20 Å². The molecule has 1 heterocycles. The van der Waals surface area contributed by atoms with E-state index in [1.54, 1.807) is 25.3 Å². The third-order valence-corrected chi connectivity index (χ3v) is 2.73. The second-order valence-corrected chi connectivity index (χ2v) is 4.04. The van der Waals surface area contributed by atoms with Gasteiger partial charge in [0.05, 0.1) is 6.61 Å². The summed E-state index contributed by atoms with van der Waals surface area (Å²) in [7, 11) is 1.60. The fourth-order valence-electron chi connectivity index (χ4n) is 1.84. The zero-order valence-electron chi connectivity index (χ0n) is 11.1. The van der Waals surface area contributed by atoms with E-state index < -0.39 is 5.97 Å². The molecule has 104 valence electrons. The highest BCUT2D eigenvalue weighted by Crippen LogP contribution is 2.31. The highest BCUT2D eigenvalue weighted by molar-refractivity contribution is 5.94. The van der Waals surface area contributed by atoms with Crippen molar-refractivity contribution in [1.82, 2.24) is 4.98 Å². The molecule has 1 N–H and O–H groups in total. The van der Waals surface area contributed by atoms with Gasteiger partial charge < -0.3 is 14.6 Å². The van der Waals surface area contributed by atoms with E-state index >= 15 is 0 Å². The number of carboxylic acid groups (broad SMARTS) is 1. The Labute approximate surface area is 116 Å². The number of nitrogens with zero attached hydrogens (tertiary/aromatic N) is 1. The Morgan fingerprint density at radius 2 is 1.90 bits per heavy atom. The van der Waals surface area contributed by atoms with Gasteiger partial charge in [-0.25, -0.2) is 9.78 Å². The summed E-state index contributed by atoms with van der Waals surface area (Å²) in [4.78, 5) is 15.2. The van der Waals surface area contributed by atoms with Crippen molar-refractivity contribution in [3.05, 3.63) is 48.3 Å². The van der Waals surface area contributed by atoms with Gasteiger partial charge in [0, 0.05) is 24.4 Å². The Bertz CT molecular complexity index is 598. The van der Waals surface area contributed by atoms with E-state index in [0.29, 0.717) is 30.1 Å². The highest BCUT2D eigenvalue weighted by Gasteiger charge is 2.15. The van der Waals surface area contributed by atoms with Crippen molar-refractivity contribution in [2.24, 2.45) is 0 Å². The van der Waals surface area contributed by atoms with Gasteiger partial charge in [-0.05, 0) is 12.1 Å². The predicted molar refractivity (Wildman–Crippen MR) is 74.0 cm³/mol. The van der Waals surface area contributed by atoms with E-state index in [-0.39, 0.29) is 5.69 Å². The number of rotatable bonds is 6. The zero-order chi connectivity index (χ0) is 14.4. The number of methoxy groups -OCH3 is 1. The molecule has 2 rings (SSSR count). The number of para-hydroxylation sites is 1. The van der Waals surface area contributed by atoms with Gasteiger partial charge in [0.1, 0.15) is 12.4 Å². The lowest BCUT2D eigenvalue weighted by atomic mass is 10.0. The van der Waals surface area contributed by atoms with Crippen molar-refractivity contribution in [3.63, 3.8) is 0 Å². The van der Waals surface area contributed by atoms with Crippen molar-refractivity contribution in [2.75, 3.05) is 20.3 Å². The number of hydrogen-bond donors (Lipinski definition) is 1. The molecule has 0 saturated heterocycles. The van der Waals surface area contributed by atoms with Gasteiger partial charge in [-0.2, -0.15) is 0 Å². The first kappa shape index (κ1) is 14.0. The fraction of sp³-hybridized carbons (Fsp3) is 0.200. The van der Waals surface area contributed by atoms with Crippen molar-refractivity contribution in [3.8, 4) is 16.9 Å². The van der Waals surface area contributed by atoms with E-state index in [2.05, 4.69) is 4.98 Å². The van der Waals surface area contributed by atoms with Gasteiger partial charge in [0.25, 0.3) is 0 Å². The third-order valence-electron chi connectivity index (χ3n) is 2.73. The molecule has 0 aliphatic carbocycles. The third kappa shape index (κ3) is 3.13. The average Bonchev–Trinajstić information content (AvgIpc) is 2.48. The quantitative estimate of drug-likeness (QED) is 0.819. The highest BCUT2D eigenvalue weighted by atomic mass is 16.5. The molecule has 1 aromatic carbocycles. The zero-order valence-corrected chi connectivity index (χ0v) is 11.1. The summed E-state index contributed by atoms with van der Waals surface area (Å²) in [6.45, 7) is 0.864. The number of aromatic carboxylic acids is 1. The summed E-state index contributed by atoms with van der Waals surface area (Å²) >= 11 is 0. The number of benzene rings is 1. The first-order valence-corrected chi connectivity index (χ1v) is 6.13. The topological polar surface area (TPSA) is 68.7 Å². The lowest BCUT2D eigenvalue weighted by Crippen LogP contribution is -2.07. The van der Waals surface area contributed by atoms with Crippen LogP contribution in [-0.2, 0) is 4.74 Å². The minimum Gasteiger partial charge on any atom is -0.491 e. The van der Waals surface area contributed by atoms with E-state index in [9.17, 15) is 9.90 Å². The summed E-state index contributed by atoms with van der Waals surface area (Å²) in [5.41, 5.74) is 1.25. The smallest absolute Gasteiger partial charge is 0.355 e. The fourth-order valence-corrected chi connectivity index (χ4v) is 1.84. The molecule has 0 fully saturated rings. The van der Waals surface area contributed by atoms with Crippen LogP contribution in [0.4, 0.5) is 0 Å². The minimum absolute atomic E-state index is 0.00953. The molecule has 2 aromatic rings. The summed E-state index contributed by atoms with van der Waals surface area (Å²) in [5, 5.41) is 9.21. The lowest BCUT2D eigenvalue weighted by Gasteiger charge is -2.12. The van der Waals surface area contributed by atoms with Gasteiger partial charge in [0.2, 0.25) is 0 Å². The van der Waals surface area contributed by atoms with Gasteiger partial charge >= 0.3 is 5.97 Å². The van der Waals surface area contributed by atoms with Crippen LogP contribution in [-0.4, -0.2) is 36.4 Å². The van der Waals surface area contributed by atoms with Crippen LogP contribution in [0.25, 0.3) is 11.1 Å². The Kier molecular flexibility index (Phi) is 4.68. The number of aromatic nitrogens is 1. The van der Waals surface area contributed by atoms with Crippen LogP contribution in [0, 0.1) is 0 Å². The molecule has 0 saturated carbocycles. The number of carbonyl (C=O) groups is 1. The van der Waals surface area contributed by atoms with E-state index in [0.717, 1.165) is 0 Å². The van der Waals surface area contributed by atoms with Crippen LogP contribution >= 0.6 is 0 Å². The number of hydrogen-bond acceptors (Lipinski definition) is 4. The van der Waals surface area contributed by atoms with E-state index in [1.807, 2.05) is 18.2 Å². The molecule has 0 radical (unpaired) electrons. The monoisotopic (exact) mass is 273 g/mol. The molecule has 0 atom stereocenters. The van der Waals surface area contributed by atoms with Crippen LogP contribution in [0.5, 0.6) is 5.75 Å². The van der Waals surface area contributed by atoms with Crippen LogP contribution in [0.2, 0.25) is 0 Å². The van der Waals surface area contributed by atoms with Crippen molar-refractivity contribution in [1.29, 1.82) is 0 Å². The summed E-state index contributed by atoms with van der Waals surface area (Å²) in [6, 6.07) is 10.7. The Morgan fingerprint density at radius 1 is 1.15 bits per heavy atom. The minimum atomic E-state index is -1.06. The molecule has 20 heavy (non-hydrogen) atoms. The standard InChI is InChI=1S/C15H15NO4/c1-19-9-10-20-13-7-3-2-5-11(13)12-6-4-8-16-14(12)15(17)18/h2-8H,9-10H2,1H3,(H,17,18). The molecule has 0 unspecified atom stereocenters. The molecule has 0 aliphatic rings. The molecule has 5 heteroatoms. The van der Waals surface area contributed by atoms with Crippen LogP contribution < -0.4 is 4.74 Å². The second-order valence-electron chi connectivity index (χ2n) is 4.04.